The van der Waals surface area contributed by atoms with E-state index in [2.05, 4.69) is 25.7 Å². The fourth-order valence-corrected chi connectivity index (χ4v) is 3.21. The van der Waals surface area contributed by atoms with Gasteiger partial charge in [-0.1, -0.05) is 26.7 Å². The molecule has 1 saturated carbocycles. The Labute approximate surface area is 112 Å². The molecule has 0 aromatic heterocycles. The third-order valence-corrected chi connectivity index (χ3v) is 4.46. The maximum Gasteiger partial charge on any atom is 0.317 e. The van der Waals surface area contributed by atoms with Gasteiger partial charge in [-0.2, -0.15) is 0 Å². The summed E-state index contributed by atoms with van der Waals surface area (Å²) in [4.78, 5) is 13.2. The second-order valence-corrected chi connectivity index (χ2v) is 5.79. The van der Waals surface area contributed by atoms with E-state index in [1.54, 1.807) is 0 Å². The predicted molar refractivity (Wildman–Crippen MR) is 74.7 cm³/mol. The molecule has 0 bridgehead atoms. The number of hydrogen-bond donors (Lipinski definition) is 1. The molecule has 3 heteroatoms. The molecule has 1 aliphatic carbocycles. The number of carbonyl (C=O) groups is 1. The van der Waals surface area contributed by atoms with Gasteiger partial charge in [-0.15, -0.1) is 0 Å². The van der Waals surface area contributed by atoms with Crippen molar-refractivity contribution in [2.45, 2.75) is 77.8 Å². The normalized spacial score (nSPS) is 26.2. The number of carboxylic acids is 1. The molecule has 106 valence electrons. The second kappa shape index (κ2) is 7.78. The van der Waals surface area contributed by atoms with Gasteiger partial charge in [0.15, 0.2) is 0 Å². The highest BCUT2D eigenvalue weighted by Crippen LogP contribution is 2.31. The van der Waals surface area contributed by atoms with Gasteiger partial charge in [0, 0.05) is 12.1 Å². The minimum atomic E-state index is -0.689. The van der Waals surface area contributed by atoms with Crippen LogP contribution in [0.2, 0.25) is 0 Å². The van der Waals surface area contributed by atoms with Crippen molar-refractivity contribution in [1.82, 2.24) is 4.90 Å². The van der Waals surface area contributed by atoms with E-state index in [0.29, 0.717) is 12.1 Å². The fraction of sp³-hybridized carbons (Fsp3) is 0.933. The second-order valence-electron chi connectivity index (χ2n) is 5.79. The lowest BCUT2D eigenvalue weighted by Crippen LogP contribution is -2.46. The lowest BCUT2D eigenvalue weighted by atomic mass is 9.82. The molecule has 0 aliphatic heterocycles. The minimum absolute atomic E-state index is 0.206. The van der Waals surface area contributed by atoms with E-state index in [0.717, 1.165) is 12.3 Å². The van der Waals surface area contributed by atoms with E-state index in [9.17, 15) is 4.79 Å². The van der Waals surface area contributed by atoms with E-state index >= 15 is 0 Å². The van der Waals surface area contributed by atoms with Gasteiger partial charge in [-0.3, -0.25) is 9.69 Å². The highest BCUT2D eigenvalue weighted by molar-refractivity contribution is 5.69. The average molecular weight is 255 g/mol. The molecule has 1 aliphatic rings. The van der Waals surface area contributed by atoms with Crippen molar-refractivity contribution in [3.05, 3.63) is 0 Å². The summed E-state index contributed by atoms with van der Waals surface area (Å²) >= 11 is 0. The Morgan fingerprint density at radius 3 is 2.33 bits per heavy atom. The van der Waals surface area contributed by atoms with Gasteiger partial charge in [-0.05, 0) is 44.9 Å². The predicted octanol–water partition coefficient (Wildman–Crippen LogP) is 3.53. The first kappa shape index (κ1) is 15.5. The summed E-state index contributed by atoms with van der Waals surface area (Å²) < 4.78 is 0. The molecular formula is C15H29NO2. The maximum absolute atomic E-state index is 11.0. The molecule has 0 radical (unpaired) electrons. The first-order valence-corrected chi connectivity index (χ1v) is 7.55. The third-order valence-electron chi connectivity index (χ3n) is 4.46. The third kappa shape index (κ3) is 4.60. The number of nitrogens with zero attached hydrogens (tertiary/aromatic N) is 1. The summed E-state index contributed by atoms with van der Waals surface area (Å²) in [5, 5.41) is 9.05. The first-order chi connectivity index (χ1) is 8.58. The van der Waals surface area contributed by atoms with Crippen molar-refractivity contribution in [3.63, 3.8) is 0 Å². The van der Waals surface area contributed by atoms with Crippen molar-refractivity contribution in [2.24, 2.45) is 5.92 Å². The molecule has 1 N–H and O–H groups in total. The largest absolute Gasteiger partial charge is 0.480 e. The van der Waals surface area contributed by atoms with Crippen LogP contribution in [0.1, 0.15) is 65.7 Å². The summed E-state index contributed by atoms with van der Waals surface area (Å²) in [5.74, 6) is 0.195. The summed E-state index contributed by atoms with van der Waals surface area (Å²) in [6, 6.07) is 0.873. The van der Waals surface area contributed by atoms with E-state index in [-0.39, 0.29) is 6.54 Å². The number of hydrogen-bond acceptors (Lipinski definition) is 2. The van der Waals surface area contributed by atoms with Gasteiger partial charge in [0.2, 0.25) is 0 Å². The zero-order chi connectivity index (χ0) is 13.5. The van der Waals surface area contributed by atoms with Crippen LogP contribution in [0.25, 0.3) is 0 Å². The standard InChI is InChI=1S/C15H29NO2/c1-4-6-13-7-9-14(10-8-13)16(11-15(17)18)12(3)5-2/h12-14H,4-11H2,1-3H3,(H,17,18). The topological polar surface area (TPSA) is 40.5 Å². The Morgan fingerprint density at radius 1 is 1.28 bits per heavy atom. The van der Waals surface area contributed by atoms with Crippen LogP contribution in [0.5, 0.6) is 0 Å². The minimum Gasteiger partial charge on any atom is -0.480 e. The van der Waals surface area contributed by atoms with Crippen LogP contribution in [0.4, 0.5) is 0 Å². The lowest BCUT2D eigenvalue weighted by molar-refractivity contribution is -0.140. The quantitative estimate of drug-likeness (QED) is 0.756. The van der Waals surface area contributed by atoms with Crippen LogP contribution in [0.3, 0.4) is 0 Å². The van der Waals surface area contributed by atoms with Crippen LogP contribution >= 0.6 is 0 Å². The van der Waals surface area contributed by atoms with Crippen molar-refractivity contribution in [1.29, 1.82) is 0 Å². The van der Waals surface area contributed by atoms with E-state index < -0.39 is 5.97 Å². The molecule has 1 rings (SSSR count). The Morgan fingerprint density at radius 2 is 1.89 bits per heavy atom. The first-order valence-electron chi connectivity index (χ1n) is 7.55. The monoisotopic (exact) mass is 255 g/mol. The lowest BCUT2D eigenvalue weighted by Gasteiger charge is -2.39. The summed E-state index contributed by atoms with van der Waals surface area (Å²) in [7, 11) is 0. The van der Waals surface area contributed by atoms with Gasteiger partial charge < -0.3 is 5.11 Å². The smallest absolute Gasteiger partial charge is 0.317 e. The molecule has 0 spiro atoms. The van der Waals surface area contributed by atoms with E-state index in [4.69, 9.17) is 5.11 Å². The molecule has 0 aromatic carbocycles. The van der Waals surface area contributed by atoms with Crippen LogP contribution in [-0.2, 0) is 4.79 Å². The zero-order valence-electron chi connectivity index (χ0n) is 12.2. The van der Waals surface area contributed by atoms with Gasteiger partial charge in [0.05, 0.1) is 6.54 Å². The van der Waals surface area contributed by atoms with Crippen LogP contribution in [0.15, 0.2) is 0 Å². The van der Waals surface area contributed by atoms with Gasteiger partial charge in [-0.25, -0.2) is 0 Å². The highest BCUT2D eigenvalue weighted by Gasteiger charge is 2.28. The molecule has 18 heavy (non-hydrogen) atoms. The molecule has 1 fully saturated rings. The molecule has 0 amide bonds. The van der Waals surface area contributed by atoms with Crippen LogP contribution in [0, 0.1) is 5.92 Å². The van der Waals surface area contributed by atoms with Crippen LogP contribution in [-0.4, -0.2) is 34.6 Å². The van der Waals surface area contributed by atoms with Crippen molar-refractivity contribution >= 4 is 5.97 Å². The molecule has 1 unspecified atom stereocenters. The SMILES string of the molecule is CCCC1CCC(N(CC(=O)O)C(C)CC)CC1. The number of aliphatic carboxylic acids is 1. The Bertz CT molecular complexity index is 247. The summed E-state index contributed by atoms with van der Waals surface area (Å²) in [5.41, 5.74) is 0. The average Bonchev–Trinajstić information content (AvgIpc) is 2.36. The fourth-order valence-electron chi connectivity index (χ4n) is 3.21. The summed E-state index contributed by atoms with van der Waals surface area (Å²) in [6.45, 7) is 6.75. The zero-order valence-corrected chi connectivity index (χ0v) is 12.2. The maximum atomic E-state index is 11.0. The highest BCUT2D eigenvalue weighted by atomic mass is 16.4. The molecular weight excluding hydrogens is 226 g/mol. The number of rotatable bonds is 7. The van der Waals surface area contributed by atoms with Gasteiger partial charge in [0.25, 0.3) is 0 Å². The molecule has 1 atom stereocenters. The van der Waals surface area contributed by atoms with Gasteiger partial charge >= 0.3 is 5.97 Å². The molecule has 3 nitrogen and oxygen atoms in total. The van der Waals surface area contributed by atoms with Gasteiger partial charge in [0.1, 0.15) is 0 Å². The summed E-state index contributed by atoms with van der Waals surface area (Å²) in [6.07, 6.45) is 8.58. The van der Waals surface area contributed by atoms with Crippen molar-refractivity contribution in [2.75, 3.05) is 6.54 Å². The van der Waals surface area contributed by atoms with E-state index in [1.807, 2.05) is 0 Å². The Balaban J connectivity index is 2.51. The molecule has 0 aromatic rings. The van der Waals surface area contributed by atoms with Crippen molar-refractivity contribution < 1.29 is 9.90 Å². The Hall–Kier alpha value is -0.570. The molecule has 0 saturated heterocycles. The number of carboxylic acid groups (broad SMARTS) is 1. The Kier molecular flexibility index (Phi) is 6.69. The van der Waals surface area contributed by atoms with Crippen LogP contribution < -0.4 is 0 Å². The molecule has 0 heterocycles. The van der Waals surface area contributed by atoms with Crippen molar-refractivity contribution in [3.8, 4) is 0 Å². The van der Waals surface area contributed by atoms with E-state index in [1.165, 1.54) is 38.5 Å².